The van der Waals surface area contributed by atoms with Crippen molar-refractivity contribution in [2.45, 2.75) is 66.4 Å². The van der Waals surface area contributed by atoms with Gasteiger partial charge in [-0.1, -0.05) is 25.1 Å². The number of hydrogen-bond acceptors (Lipinski definition) is 7. The van der Waals surface area contributed by atoms with E-state index < -0.39 is 11.6 Å². The Hall–Kier alpha value is -2.93. The summed E-state index contributed by atoms with van der Waals surface area (Å²) in [6, 6.07) is 9.64. The molecule has 1 atom stereocenters. The van der Waals surface area contributed by atoms with Crippen LogP contribution in [0.4, 0.5) is 0 Å². The molecule has 1 aliphatic rings. The number of benzene rings is 1. The zero-order chi connectivity index (χ0) is 27.0. The predicted octanol–water partition coefficient (Wildman–Crippen LogP) is 5.69. The molecule has 1 saturated heterocycles. The van der Waals surface area contributed by atoms with Gasteiger partial charge in [-0.2, -0.15) is 0 Å². The molecule has 1 unspecified atom stereocenters. The molecule has 1 aliphatic heterocycles. The molecule has 2 heterocycles. The average Bonchev–Trinajstić information content (AvgIpc) is 2.84. The van der Waals surface area contributed by atoms with E-state index in [4.69, 9.17) is 14.2 Å². The van der Waals surface area contributed by atoms with Crippen LogP contribution in [0.1, 0.15) is 69.9 Å². The first kappa shape index (κ1) is 28.6. The summed E-state index contributed by atoms with van der Waals surface area (Å²) >= 11 is 0. The van der Waals surface area contributed by atoms with Crippen molar-refractivity contribution in [1.29, 1.82) is 0 Å². The van der Waals surface area contributed by atoms with Crippen LogP contribution in [0.15, 0.2) is 36.5 Å². The summed E-state index contributed by atoms with van der Waals surface area (Å²) in [5.74, 6) is 1.40. The maximum absolute atomic E-state index is 12.8. The fourth-order valence-electron chi connectivity index (χ4n) is 4.83. The molecule has 0 radical (unpaired) electrons. The first-order valence-corrected chi connectivity index (χ1v) is 13.4. The van der Waals surface area contributed by atoms with Crippen molar-refractivity contribution in [3.05, 3.63) is 47.8 Å². The first-order valence-electron chi connectivity index (χ1n) is 13.4. The van der Waals surface area contributed by atoms with Gasteiger partial charge in [0.25, 0.3) is 0 Å². The molecule has 0 saturated carbocycles. The van der Waals surface area contributed by atoms with E-state index >= 15 is 0 Å². The first-order chi connectivity index (χ1) is 17.6. The number of ether oxygens (including phenoxy) is 3. The lowest BCUT2D eigenvalue weighted by atomic mass is 9.84. The van der Waals surface area contributed by atoms with Gasteiger partial charge in [-0.15, -0.1) is 0 Å². The third-order valence-corrected chi connectivity index (χ3v) is 6.90. The van der Waals surface area contributed by atoms with Crippen LogP contribution in [0, 0.1) is 18.8 Å². The Labute approximate surface area is 221 Å². The lowest BCUT2D eigenvalue weighted by molar-refractivity contribution is -0.144. The number of piperidine rings is 1. The van der Waals surface area contributed by atoms with Crippen molar-refractivity contribution in [2.75, 3.05) is 32.8 Å². The zero-order valence-corrected chi connectivity index (χ0v) is 23.2. The average molecular weight is 511 g/mol. The summed E-state index contributed by atoms with van der Waals surface area (Å²) in [4.78, 5) is 31.1. The number of hydrogen-bond donors (Lipinski definition) is 0. The summed E-state index contributed by atoms with van der Waals surface area (Å²) in [5, 5.41) is 0. The number of rotatable bonds is 10. The molecule has 2 aromatic rings. The molecule has 0 spiro atoms. The minimum atomic E-state index is -0.597. The number of carbonyl (C=O) groups is 2. The normalized spacial score (nSPS) is 15.7. The predicted molar refractivity (Wildman–Crippen MR) is 145 cm³/mol. The molecule has 1 fully saturated rings. The quantitative estimate of drug-likeness (QED) is 0.380. The molecule has 37 heavy (non-hydrogen) atoms. The topological polar surface area (TPSA) is 78.0 Å². The highest BCUT2D eigenvalue weighted by atomic mass is 16.6. The highest BCUT2D eigenvalue weighted by Crippen LogP contribution is 2.33. The lowest BCUT2D eigenvalue weighted by Gasteiger charge is -2.34. The minimum Gasteiger partial charge on any atom is -0.493 e. The van der Waals surface area contributed by atoms with Crippen LogP contribution in [-0.4, -0.2) is 60.3 Å². The monoisotopic (exact) mass is 510 g/mol. The number of esters is 2. The van der Waals surface area contributed by atoms with Gasteiger partial charge in [0, 0.05) is 11.8 Å². The molecule has 1 aromatic carbocycles. The Morgan fingerprint density at radius 2 is 1.81 bits per heavy atom. The molecule has 0 bridgehead atoms. The van der Waals surface area contributed by atoms with Gasteiger partial charge >= 0.3 is 11.9 Å². The van der Waals surface area contributed by atoms with Gasteiger partial charge in [0.05, 0.1) is 19.8 Å². The third kappa shape index (κ3) is 8.29. The largest absolute Gasteiger partial charge is 0.493 e. The van der Waals surface area contributed by atoms with E-state index in [-0.39, 0.29) is 5.97 Å². The second-order valence-electron chi connectivity index (χ2n) is 10.9. The van der Waals surface area contributed by atoms with Crippen LogP contribution in [0.25, 0.3) is 11.1 Å². The molecular weight excluding hydrogens is 468 g/mol. The molecule has 7 heteroatoms. The molecule has 7 nitrogen and oxygen atoms in total. The zero-order valence-electron chi connectivity index (χ0n) is 23.2. The van der Waals surface area contributed by atoms with Gasteiger partial charge in [0.15, 0.2) is 5.69 Å². The molecule has 1 aromatic heterocycles. The van der Waals surface area contributed by atoms with Crippen molar-refractivity contribution in [3.63, 3.8) is 0 Å². The van der Waals surface area contributed by atoms with Gasteiger partial charge < -0.3 is 14.2 Å². The smallest absolute Gasteiger partial charge is 0.358 e. The number of carbonyl (C=O) groups excluding carboxylic acids is 2. The highest BCUT2D eigenvalue weighted by Gasteiger charge is 2.26. The maximum atomic E-state index is 12.8. The van der Waals surface area contributed by atoms with E-state index in [1.54, 1.807) is 6.20 Å². The van der Waals surface area contributed by atoms with Crippen molar-refractivity contribution >= 4 is 11.9 Å². The Morgan fingerprint density at radius 1 is 1.11 bits per heavy atom. The van der Waals surface area contributed by atoms with Crippen LogP contribution in [0.3, 0.4) is 0 Å². The molecule has 0 amide bonds. The number of likely N-dealkylation sites (tertiary alicyclic amines) is 1. The fraction of sp³-hybridized carbons (Fsp3) is 0.567. The maximum Gasteiger partial charge on any atom is 0.358 e. The summed E-state index contributed by atoms with van der Waals surface area (Å²) in [6.45, 7) is 15.0. The van der Waals surface area contributed by atoms with Gasteiger partial charge in [-0.05, 0) is 102 Å². The Kier molecular flexibility index (Phi) is 10.1. The van der Waals surface area contributed by atoms with Crippen LogP contribution >= 0.6 is 0 Å². The van der Waals surface area contributed by atoms with E-state index in [0.717, 1.165) is 54.8 Å². The second-order valence-corrected chi connectivity index (χ2v) is 10.9. The van der Waals surface area contributed by atoms with Crippen LogP contribution in [0.5, 0.6) is 5.75 Å². The van der Waals surface area contributed by atoms with Gasteiger partial charge in [-0.25, -0.2) is 9.78 Å². The van der Waals surface area contributed by atoms with E-state index in [0.29, 0.717) is 37.3 Å². The van der Waals surface area contributed by atoms with E-state index in [1.807, 2.05) is 65.0 Å². The summed E-state index contributed by atoms with van der Waals surface area (Å²) in [6.07, 6.45) is 4.75. The molecule has 3 rings (SSSR count). The van der Waals surface area contributed by atoms with Crippen molar-refractivity contribution in [2.24, 2.45) is 11.8 Å². The molecule has 202 valence electrons. The standard InChI is InChI=1S/C30H42N2O5/c1-7-35-27(33)20-32-17-13-23(14-18-32)21(2)15-19-36-26-12-8-10-24(22(26)3)25-11-9-16-31-28(25)29(34)37-30(4,5)6/h8-12,16,21,23H,7,13-15,17-20H2,1-6H3. The van der Waals surface area contributed by atoms with E-state index in [9.17, 15) is 9.59 Å². The minimum absolute atomic E-state index is 0.135. The number of pyridine rings is 1. The molecular formula is C30H42N2O5. The van der Waals surface area contributed by atoms with Crippen molar-refractivity contribution < 1.29 is 23.8 Å². The molecule has 0 aliphatic carbocycles. The summed E-state index contributed by atoms with van der Waals surface area (Å²) < 4.78 is 16.9. The Morgan fingerprint density at radius 3 is 2.49 bits per heavy atom. The number of aromatic nitrogens is 1. The second kappa shape index (κ2) is 13.0. The van der Waals surface area contributed by atoms with Crippen LogP contribution in [-0.2, 0) is 14.3 Å². The van der Waals surface area contributed by atoms with E-state index in [1.165, 1.54) is 0 Å². The van der Waals surface area contributed by atoms with Gasteiger partial charge in [0.1, 0.15) is 11.4 Å². The lowest BCUT2D eigenvalue weighted by Crippen LogP contribution is -2.39. The summed E-state index contributed by atoms with van der Waals surface area (Å²) in [5.41, 5.74) is 2.33. The SMILES string of the molecule is CCOC(=O)CN1CCC(C(C)CCOc2cccc(-c3cccnc3C(=O)OC(C)(C)C)c2C)CC1. The highest BCUT2D eigenvalue weighted by molar-refractivity contribution is 5.96. The molecule has 0 N–H and O–H groups in total. The van der Waals surface area contributed by atoms with E-state index in [2.05, 4.69) is 16.8 Å². The van der Waals surface area contributed by atoms with Crippen molar-refractivity contribution in [3.8, 4) is 16.9 Å². The van der Waals surface area contributed by atoms with Crippen molar-refractivity contribution in [1.82, 2.24) is 9.88 Å². The summed E-state index contributed by atoms with van der Waals surface area (Å²) in [7, 11) is 0. The van der Waals surface area contributed by atoms with Crippen LogP contribution < -0.4 is 4.74 Å². The fourth-order valence-corrected chi connectivity index (χ4v) is 4.83. The number of nitrogens with zero attached hydrogens (tertiary/aromatic N) is 2. The Bertz CT molecular complexity index is 1050. The Balaban J connectivity index is 1.58. The van der Waals surface area contributed by atoms with Gasteiger partial charge in [0.2, 0.25) is 0 Å². The van der Waals surface area contributed by atoms with Gasteiger partial charge in [-0.3, -0.25) is 9.69 Å². The van der Waals surface area contributed by atoms with Crippen LogP contribution in [0.2, 0.25) is 0 Å². The third-order valence-electron chi connectivity index (χ3n) is 6.90.